The fraction of sp³-hybridized carbons (Fsp3) is 0.263. The molecule has 0 aliphatic heterocycles. The van der Waals surface area contributed by atoms with E-state index >= 15 is 0 Å². The Balaban J connectivity index is 1.85. The first-order valence-electron chi connectivity index (χ1n) is 7.86. The molecular formula is C19H21NO4S. The van der Waals surface area contributed by atoms with Gasteiger partial charge in [0, 0.05) is 10.6 Å². The number of hydrogen-bond donors (Lipinski definition) is 1. The van der Waals surface area contributed by atoms with Gasteiger partial charge in [-0.25, -0.2) is 0 Å². The minimum absolute atomic E-state index is 0.379. The number of ether oxygens (including phenoxy) is 2. The molecule has 0 saturated carbocycles. The summed E-state index contributed by atoms with van der Waals surface area (Å²) in [6.07, 6.45) is -0.881. The fourth-order valence-electron chi connectivity index (χ4n) is 1.99. The van der Waals surface area contributed by atoms with Gasteiger partial charge < -0.3 is 14.8 Å². The summed E-state index contributed by atoms with van der Waals surface area (Å²) in [4.78, 5) is 25.3. The summed E-state index contributed by atoms with van der Waals surface area (Å²) >= 11 is 1.39. The van der Waals surface area contributed by atoms with E-state index in [9.17, 15) is 9.59 Å². The smallest absolute Gasteiger partial charge is 0.319 e. The highest BCUT2D eigenvalue weighted by Gasteiger charge is 2.22. The molecule has 0 saturated heterocycles. The van der Waals surface area contributed by atoms with Crippen LogP contribution < -0.4 is 10.1 Å². The highest BCUT2D eigenvalue weighted by atomic mass is 32.2. The molecule has 0 unspecified atom stereocenters. The Morgan fingerprint density at radius 1 is 1.00 bits per heavy atom. The summed E-state index contributed by atoms with van der Waals surface area (Å²) in [5.74, 6) is -0.106. The zero-order chi connectivity index (χ0) is 18.2. The zero-order valence-corrected chi connectivity index (χ0v) is 15.2. The molecule has 0 heterocycles. The highest BCUT2D eigenvalue weighted by Crippen LogP contribution is 2.24. The third kappa shape index (κ3) is 5.83. The number of amides is 1. The summed E-state index contributed by atoms with van der Waals surface area (Å²) in [5.41, 5.74) is 0.611. The van der Waals surface area contributed by atoms with Gasteiger partial charge in [0.15, 0.2) is 6.10 Å². The van der Waals surface area contributed by atoms with E-state index in [1.165, 1.54) is 11.8 Å². The lowest BCUT2D eigenvalue weighted by molar-refractivity contribution is -0.152. The van der Waals surface area contributed by atoms with Crippen molar-refractivity contribution in [3.05, 3.63) is 54.6 Å². The van der Waals surface area contributed by atoms with E-state index in [0.717, 1.165) is 4.90 Å². The number of nitrogens with one attached hydrogen (secondary N) is 1. The Kier molecular flexibility index (Phi) is 6.89. The molecule has 2 aromatic carbocycles. The van der Waals surface area contributed by atoms with Crippen LogP contribution in [0.2, 0.25) is 0 Å². The minimum Gasteiger partial charge on any atom is -0.497 e. The molecule has 0 aromatic heterocycles. The van der Waals surface area contributed by atoms with Gasteiger partial charge in [0.05, 0.1) is 7.11 Å². The molecule has 5 nitrogen and oxygen atoms in total. The zero-order valence-electron chi connectivity index (χ0n) is 14.4. The van der Waals surface area contributed by atoms with Crippen molar-refractivity contribution in [2.24, 2.45) is 0 Å². The number of hydrogen-bond acceptors (Lipinski definition) is 5. The first-order valence-corrected chi connectivity index (χ1v) is 8.74. The molecule has 1 amide bonds. The van der Waals surface area contributed by atoms with Crippen LogP contribution >= 0.6 is 11.8 Å². The summed E-state index contributed by atoms with van der Waals surface area (Å²) in [7, 11) is 1.57. The van der Waals surface area contributed by atoms with Crippen molar-refractivity contribution in [1.29, 1.82) is 0 Å². The first kappa shape index (κ1) is 18.9. The standard InChI is InChI=1S/C19H21NO4S/c1-13(18(21)20-15-9-11-16(23-3)12-10-15)24-19(22)14(2)25-17-7-5-4-6-8-17/h4-14H,1-3H3,(H,20,21)/t13-,14-/m0/s1. The van der Waals surface area contributed by atoms with Crippen molar-refractivity contribution in [3.63, 3.8) is 0 Å². The number of rotatable bonds is 7. The van der Waals surface area contributed by atoms with E-state index in [1.807, 2.05) is 30.3 Å². The van der Waals surface area contributed by atoms with Crippen molar-refractivity contribution in [2.75, 3.05) is 12.4 Å². The van der Waals surface area contributed by atoms with Gasteiger partial charge in [-0.1, -0.05) is 18.2 Å². The lowest BCUT2D eigenvalue weighted by Crippen LogP contribution is -2.32. The van der Waals surface area contributed by atoms with Crippen molar-refractivity contribution in [2.45, 2.75) is 30.1 Å². The van der Waals surface area contributed by atoms with Crippen molar-refractivity contribution in [1.82, 2.24) is 0 Å². The average molecular weight is 359 g/mol. The van der Waals surface area contributed by atoms with Crippen LogP contribution in [0.3, 0.4) is 0 Å². The molecule has 6 heteroatoms. The van der Waals surface area contributed by atoms with E-state index in [2.05, 4.69) is 5.32 Å². The van der Waals surface area contributed by atoms with Crippen LogP contribution in [0, 0.1) is 0 Å². The van der Waals surface area contributed by atoms with Crippen LogP contribution in [-0.2, 0) is 14.3 Å². The number of thioether (sulfide) groups is 1. The third-order valence-electron chi connectivity index (χ3n) is 3.41. The Hall–Kier alpha value is -2.47. The molecule has 0 aliphatic carbocycles. The summed E-state index contributed by atoms with van der Waals surface area (Å²) in [6.45, 7) is 3.31. The number of methoxy groups -OCH3 is 1. The molecule has 1 N–H and O–H groups in total. The molecule has 2 aromatic rings. The van der Waals surface area contributed by atoms with E-state index in [0.29, 0.717) is 11.4 Å². The molecule has 0 spiro atoms. The first-order chi connectivity index (χ1) is 12.0. The largest absolute Gasteiger partial charge is 0.497 e. The van der Waals surface area contributed by atoms with Crippen LogP contribution in [0.15, 0.2) is 59.5 Å². The second kappa shape index (κ2) is 9.13. The van der Waals surface area contributed by atoms with E-state index in [1.54, 1.807) is 45.2 Å². The Morgan fingerprint density at radius 2 is 1.64 bits per heavy atom. The average Bonchev–Trinajstić information content (AvgIpc) is 2.63. The van der Waals surface area contributed by atoms with Gasteiger partial charge in [0.25, 0.3) is 5.91 Å². The maximum atomic E-state index is 12.2. The lowest BCUT2D eigenvalue weighted by Gasteiger charge is -2.16. The van der Waals surface area contributed by atoms with Crippen LogP contribution in [0.1, 0.15) is 13.8 Å². The van der Waals surface area contributed by atoms with Gasteiger partial charge in [-0.3, -0.25) is 9.59 Å². The van der Waals surface area contributed by atoms with Gasteiger partial charge >= 0.3 is 5.97 Å². The lowest BCUT2D eigenvalue weighted by atomic mass is 10.3. The number of benzene rings is 2. The number of carbonyl (C=O) groups excluding carboxylic acids is 2. The maximum absolute atomic E-state index is 12.2. The number of carbonyl (C=O) groups is 2. The quantitative estimate of drug-likeness (QED) is 0.602. The number of esters is 1. The van der Waals surface area contributed by atoms with E-state index < -0.39 is 17.3 Å². The van der Waals surface area contributed by atoms with Gasteiger partial charge in [-0.05, 0) is 50.2 Å². The molecule has 25 heavy (non-hydrogen) atoms. The molecule has 2 atom stereocenters. The van der Waals surface area contributed by atoms with Gasteiger partial charge in [-0.15, -0.1) is 11.8 Å². The van der Waals surface area contributed by atoms with Crippen molar-refractivity contribution < 1.29 is 19.1 Å². The SMILES string of the molecule is COc1ccc(NC(=O)[C@H](C)OC(=O)[C@H](C)Sc2ccccc2)cc1. The monoisotopic (exact) mass is 359 g/mol. The van der Waals surface area contributed by atoms with Gasteiger partial charge in [0.2, 0.25) is 0 Å². The van der Waals surface area contributed by atoms with Crippen molar-refractivity contribution >= 4 is 29.3 Å². The predicted octanol–water partition coefficient (Wildman–Crippen LogP) is 3.75. The predicted molar refractivity (Wildman–Crippen MR) is 98.9 cm³/mol. The Morgan fingerprint density at radius 3 is 2.24 bits per heavy atom. The minimum atomic E-state index is -0.881. The normalized spacial score (nSPS) is 12.8. The Bertz CT molecular complexity index is 703. The highest BCUT2D eigenvalue weighted by molar-refractivity contribution is 8.00. The molecule has 2 rings (SSSR count). The number of anilines is 1. The van der Waals surface area contributed by atoms with Gasteiger partial charge in [-0.2, -0.15) is 0 Å². The summed E-state index contributed by atoms with van der Waals surface area (Å²) in [5, 5.41) is 2.30. The van der Waals surface area contributed by atoms with E-state index in [4.69, 9.17) is 9.47 Å². The van der Waals surface area contributed by atoms with Crippen molar-refractivity contribution in [3.8, 4) is 5.75 Å². The van der Waals surface area contributed by atoms with Crippen LogP contribution in [0.5, 0.6) is 5.75 Å². The summed E-state index contributed by atoms with van der Waals surface area (Å²) < 4.78 is 10.3. The van der Waals surface area contributed by atoms with Crippen LogP contribution in [0.25, 0.3) is 0 Å². The summed E-state index contributed by atoms with van der Waals surface area (Å²) in [6, 6.07) is 16.5. The fourth-order valence-corrected chi connectivity index (χ4v) is 2.87. The topological polar surface area (TPSA) is 64.6 Å². The molecule has 0 radical (unpaired) electrons. The second-order valence-corrected chi connectivity index (χ2v) is 6.78. The molecule has 0 fully saturated rings. The van der Waals surface area contributed by atoms with E-state index in [-0.39, 0.29) is 5.91 Å². The molecular weight excluding hydrogens is 338 g/mol. The Labute approximate surface area is 151 Å². The maximum Gasteiger partial charge on any atom is 0.319 e. The van der Waals surface area contributed by atoms with Crippen LogP contribution in [0.4, 0.5) is 5.69 Å². The van der Waals surface area contributed by atoms with Gasteiger partial charge in [0.1, 0.15) is 11.0 Å². The molecule has 132 valence electrons. The molecule has 0 bridgehead atoms. The second-order valence-electron chi connectivity index (χ2n) is 5.37. The molecule has 0 aliphatic rings. The van der Waals surface area contributed by atoms with Crippen LogP contribution in [-0.4, -0.2) is 30.3 Å². The third-order valence-corrected chi connectivity index (χ3v) is 4.50.